The first-order valence-electron chi connectivity index (χ1n) is 9.71. The standard InChI is InChI=1S/C21H22N4O3S/c1-14-6-7-17(29-14)21-24-23-18(28-21)8-9-19(26)25-11-3-5-16(13-25)20(27)15-4-2-10-22-12-15/h2,4,6-7,10,12,16H,3,5,8-9,11,13H2,1H3/t16-/m0/s1. The SMILES string of the molecule is Cc1ccc(-c2nnc(CCC(=O)N3CCC[C@H](C(=O)c4cccnc4)C3)o2)s1. The van der Waals surface area contributed by atoms with Crippen LogP contribution in [-0.4, -0.2) is 44.9 Å². The van der Waals surface area contributed by atoms with Crippen LogP contribution in [0.15, 0.2) is 41.1 Å². The Morgan fingerprint density at radius 3 is 2.93 bits per heavy atom. The Kier molecular flexibility index (Phi) is 5.80. The summed E-state index contributed by atoms with van der Waals surface area (Å²) in [6.45, 7) is 3.16. The van der Waals surface area contributed by atoms with Gasteiger partial charge in [0.15, 0.2) is 5.78 Å². The van der Waals surface area contributed by atoms with Gasteiger partial charge in [0, 0.05) is 54.7 Å². The van der Waals surface area contributed by atoms with Crippen molar-refractivity contribution in [3.8, 4) is 10.8 Å². The van der Waals surface area contributed by atoms with Crippen molar-refractivity contribution in [1.82, 2.24) is 20.1 Å². The second-order valence-electron chi connectivity index (χ2n) is 7.20. The minimum absolute atomic E-state index is 0.0143. The molecule has 4 heterocycles. The Morgan fingerprint density at radius 1 is 1.28 bits per heavy atom. The second kappa shape index (κ2) is 8.65. The van der Waals surface area contributed by atoms with E-state index in [1.165, 1.54) is 4.88 Å². The maximum absolute atomic E-state index is 12.7. The van der Waals surface area contributed by atoms with Gasteiger partial charge in [0.1, 0.15) is 0 Å². The number of ketones is 1. The molecule has 1 saturated heterocycles. The highest BCUT2D eigenvalue weighted by molar-refractivity contribution is 7.15. The molecular weight excluding hydrogens is 388 g/mol. The van der Waals surface area contributed by atoms with Gasteiger partial charge in [0.2, 0.25) is 11.8 Å². The molecule has 29 heavy (non-hydrogen) atoms. The number of rotatable bonds is 6. The van der Waals surface area contributed by atoms with Crippen LogP contribution in [0.1, 0.15) is 40.4 Å². The van der Waals surface area contributed by atoms with Gasteiger partial charge in [-0.3, -0.25) is 14.6 Å². The normalized spacial score (nSPS) is 16.7. The number of hydrogen-bond acceptors (Lipinski definition) is 7. The summed E-state index contributed by atoms with van der Waals surface area (Å²) in [6, 6.07) is 7.50. The van der Waals surface area contributed by atoms with Gasteiger partial charge in [0.05, 0.1) is 4.88 Å². The van der Waals surface area contributed by atoms with E-state index in [4.69, 9.17) is 4.42 Å². The monoisotopic (exact) mass is 410 g/mol. The van der Waals surface area contributed by atoms with Gasteiger partial charge in [0.25, 0.3) is 5.89 Å². The van der Waals surface area contributed by atoms with Crippen LogP contribution in [0.25, 0.3) is 10.8 Å². The van der Waals surface area contributed by atoms with E-state index in [2.05, 4.69) is 15.2 Å². The van der Waals surface area contributed by atoms with Gasteiger partial charge in [-0.2, -0.15) is 0 Å². The van der Waals surface area contributed by atoms with Crippen molar-refractivity contribution in [1.29, 1.82) is 0 Å². The van der Waals surface area contributed by atoms with Gasteiger partial charge in [-0.05, 0) is 44.0 Å². The van der Waals surface area contributed by atoms with E-state index in [9.17, 15) is 9.59 Å². The van der Waals surface area contributed by atoms with Crippen molar-refractivity contribution in [3.63, 3.8) is 0 Å². The Morgan fingerprint density at radius 2 is 2.17 bits per heavy atom. The molecule has 0 saturated carbocycles. The molecule has 150 valence electrons. The number of piperidine rings is 1. The molecule has 7 nitrogen and oxygen atoms in total. The average molecular weight is 410 g/mol. The first-order chi connectivity index (χ1) is 14.1. The summed E-state index contributed by atoms with van der Waals surface area (Å²) in [6.07, 6.45) is 5.55. The molecule has 0 aliphatic carbocycles. The van der Waals surface area contributed by atoms with E-state index in [-0.39, 0.29) is 17.6 Å². The van der Waals surface area contributed by atoms with E-state index >= 15 is 0 Å². The molecule has 1 fully saturated rings. The number of aromatic nitrogens is 3. The van der Waals surface area contributed by atoms with E-state index < -0.39 is 0 Å². The topological polar surface area (TPSA) is 89.2 Å². The van der Waals surface area contributed by atoms with E-state index in [0.717, 1.165) is 17.7 Å². The van der Waals surface area contributed by atoms with Gasteiger partial charge in [-0.25, -0.2) is 0 Å². The van der Waals surface area contributed by atoms with Crippen LogP contribution in [0, 0.1) is 12.8 Å². The number of likely N-dealkylation sites (tertiary alicyclic amines) is 1. The number of carbonyl (C=O) groups excluding carboxylic acids is 2. The number of hydrogen-bond donors (Lipinski definition) is 0. The zero-order valence-corrected chi connectivity index (χ0v) is 17.0. The third kappa shape index (κ3) is 4.59. The molecule has 0 unspecified atom stereocenters. The highest BCUT2D eigenvalue weighted by atomic mass is 32.1. The highest BCUT2D eigenvalue weighted by Crippen LogP contribution is 2.27. The number of thiophene rings is 1. The zero-order valence-electron chi connectivity index (χ0n) is 16.2. The summed E-state index contributed by atoms with van der Waals surface area (Å²) >= 11 is 1.59. The van der Waals surface area contributed by atoms with Crippen molar-refractivity contribution in [3.05, 3.63) is 53.0 Å². The number of amides is 1. The molecule has 1 atom stereocenters. The van der Waals surface area contributed by atoms with Crippen molar-refractivity contribution in [2.45, 2.75) is 32.6 Å². The zero-order chi connectivity index (χ0) is 20.2. The smallest absolute Gasteiger partial charge is 0.257 e. The quantitative estimate of drug-likeness (QED) is 0.577. The lowest BCUT2D eigenvalue weighted by atomic mass is 9.90. The molecule has 0 aromatic carbocycles. The van der Waals surface area contributed by atoms with E-state index in [1.807, 2.05) is 19.1 Å². The number of Topliss-reactive ketones (excluding diaryl/α,β-unsaturated/α-hetero) is 1. The maximum atomic E-state index is 12.7. The first-order valence-corrected chi connectivity index (χ1v) is 10.5. The molecule has 4 rings (SSSR count). The van der Waals surface area contributed by atoms with E-state index in [1.54, 1.807) is 40.8 Å². The second-order valence-corrected chi connectivity index (χ2v) is 8.48. The highest BCUT2D eigenvalue weighted by Gasteiger charge is 2.29. The van der Waals surface area contributed by atoms with Crippen molar-refractivity contribution in [2.75, 3.05) is 13.1 Å². The summed E-state index contributed by atoms with van der Waals surface area (Å²) in [7, 11) is 0. The average Bonchev–Trinajstić information content (AvgIpc) is 3.41. The fraction of sp³-hybridized carbons (Fsp3) is 0.381. The van der Waals surface area contributed by atoms with Crippen molar-refractivity contribution < 1.29 is 14.0 Å². The third-order valence-corrected chi connectivity index (χ3v) is 6.05. The Bertz CT molecular complexity index is 998. The summed E-state index contributed by atoms with van der Waals surface area (Å²) in [5, 5.41) is 8.14. The summed E-state index contributed by atoms with van der Waals surface area (Å²) in [5.41, 5.74) is 0.606. The van der Waals surface area contributed by atoms with Crippen LogP contribution in [-0.2, 0) is 11.2 Å². The fourth-order valence-corrected chi connectivity index (χ4v) is 4.33. The largest absolute Gasteiger partial charge is 0.420 e. The van der Waals surface area contributed by atoms with E-state index in [0.29, 0.717) is 43.3 Å². The molecule has 0 N–H and O–H groups in total. The molecule has 0 spiro atoms. The number of nitrogens with zero attached hydrogens (tertiary/aromatic N) is 4. The van der Waals surface area contributed by atoms with Gasteiger partial charge in [-0.15, -0.1) is 21.5 Å². The summed E-state index contributed by atoms with van der Waals surface area (Å²) in [5.74, 6) is 0.850. The fourth-order valence-electron chi connectivity index (χ4n) is 3.54. The maximum Gasteiger partial charge on any atom is 0.257 e. The Balaban J connectivity index is 1.33. The Hall–Kier alpha value is -2.87. The molecule has 0 bridgehead atoms. The molecule has 3 aromatic rings. The van der Waals surface area contributed by atoms with Gasteiger partial charge in [-0.1, -0.05) is 0 Å². The molecule has 0 radical (unpaired) electrons. The Labute approximate surface area is 172 Å². The van der Waals surface area contributed by atoms with Crippen molar-refractivity contribution >= 4 is 23.0 Å². The summed E-state index contributed by atoms with van der Waals surface area (Å²) < 4.78 is 5.69. The molecular formula is C21H22N4O3S. The lowest BCUT2D eigenvalue weighted by molar-refractivity contribution is -0.132. The predicted molar refractivity (Wildman–Crippen MR) is 109 cm³/mol. The van der Waals surface area contributed by atoms with Crippen LogP contribution < -0.4 is 0 Å². The third-order valence-electron chi connectivity index (χ3n) is 5.06. The lowest BCUT2D eigenvalue weighted by Gasteiger charge is -2.32. The van der Waals surface area contributed by atoms with Crippen molar-refractivity contribution in [2.24, 2.45) is 5.92 Å². The van der Waals surface area contributed by atoms with Crippen LogP contribution in [0.2, 0.25) is 0 Å². The van der Waals surface area contributed by atoms with Crippen LogP contribution in [0.3, 0.4) is 0 Å². The summed E-state index contributed by atoms with van der Waals surface area (Å²) in [4.78, 5) is 33.3. The molecule has 3 aromatic heterocycles. The minimum Gasteiger partial charge on any atom is -0.420 e. The molecule has 1 amide bonds. The number of carbonyl (C=O) groups is 2. The number of aryl methyl sites for hydroxylation is 2. The lowest BCUT2D eigenvalue weighted by Crippen LogP contribution is -2.42. The van der Waals surface area contributed by atoms with Crippen LogP contribution >= 0.6 is 11.3 Å². The number of pyridine rings is 1. The first kappa shape index (κ1) is 19.4. The van der Waals surface area contributed by atoms with Gasteiger partial charge < -0.3 is 9.32 Å². The van der Waals surface area contributed by atoms with Gasteiger partial charge >= 0.3 is 0 Å². The molecule has 1 aliphatic rings. The molecule has 8 heteroatoms. The molecule has 1 aliphatic heterocycles. The predicted octanol–water partition coefficient (Wildman–Crippen LogP) is 3.56. The van der Waals surface area contributed by atoms with Crippen LogP contribution in [0.5, 0.6) is 0 Å². The van der Waals surface area contributed by atoms with Crippen LogP contribution in [0.4, 0.5) is 0 Å². The minimum atomic E-state index is -0.172.